The van der Waals surface area contributed by atoms with Gasteiger partial charge in [-0.1, -0.05) is 5.10 Å². The van der Waals surface area contributed by atoms with Crippen LogP contribution in [0.3, 0.4) is 0 Å². The van der Waals surface area contributed by atoms with Crippen LogP contribution >= 0.6 is 0 Å². The van der Waals surface area contributed by atoms with Crippen molar-refractivity contribution in [1.82, 2.24) is 15.5 Å². The highest BCUT2D eigenvalue weighted by molar-refractivity contribution is 5.90. The quantitative estimate of drug-likeness (QED) is 0.801. The molecule has 1 unspecified atom stereocenters. The van der Waals surface area contributed by atoms with Crippen molar-refractivity contribution in [2.75, 3.05) is 11.9 Å². The van der Waals surface area contributed by atoms with Crippen LogP contribution < -0.4 is 10.6 Å². The molecule has 0 aromatic carbocycles. The average molecular weight is 232 g/mol. The molecule has 2 N–H and O–H groups in total. The number of amides is 1. The number of nitrogens with one attached hydrogen (secondary N) is 2. The molecule has 1 amide bonds. The van der Waals surface area contributed by atoms with Crippen molar-refractivity contribution < 1.29 is 18.0 Å². The van der Waals surface area contributed by atoms with Crippen LogP contribution in [-0.4, -0.2) is 29.1 Å². The lowest BCUT2D eigenvalue weighted by Gasteiger charge is -2.02. The fraction of sp³-hybridized carbons (Fsp3) is 0.625. The summed E-state index contributed by atoms with van der Waals surface area (Å²) < 4.78 is 28.9. The Bertz CT molecular complexity index is 376. The second kappa shape index (κ2) is 4.52. The highest BCUT2D eigenvalue weighted by Gasteiger charge is 2.23. The van der Waals surface area contributed by atoms with Crippen LogP contribution in [0.5, 0.6) is 0 Å². The van der Waals surface area contributed by atoms with Gasteiger partial charge in [0, 0.05) is 0 Å². The smallest absolute Gasteiger partial charge is 0.322 e. The van der Waals surface area contributed by atoms with E-state index in [9.17, 15) is 13.6 Å². The van der Waals surface area contributed by atoms with Crippen molar-refractivity contribution in [2.24, 2.45) is 0 Å². The van der Waals surface area contributed by atoms with Crippen molar-refractivity contribution in [3.8, 4) is 0 Å². The molecule has 1 aliphatic rings. The average Bonchev–Trinajstić information content (AvgIpc) is 2.85. The number of nitrogens with zero attached hydrogens (tertiary/aromatic N) is 2. The second-order valence-corrected chi connectivity index (χ2v) is 3.38. The number of halogens is 2. The largest absolute Gasteiger partial charge is 0.406 e. The molecule has 1 aromatic heterocycles. The normalized spacial score (nSPS) is 20.3. The van der Waals surface area contributed by atoms with Crippen LogP contribution in [0.4, 0.5) is 14.8 Å². The highest BCUT2D eigenvalue weighted by Crippen LogP contribution is 2.22. The molecule has 1 saturated heterocycles. The number of hydrogen-bond acceptors (Lipinski definition) is 5. The summed E-state index contributed by atoms with van der Waals surface area (Å²) in [6, 6.07) is -0.348. The first-order valence-electron chi connectivity index (χ1n) is 4.82. The number of aromatic nitrogens is 2. The molecule has 0 aliphatic carbocycles. The van der Waals surface area contributed by atoms with Gasteiger partial charge in [0.15, 0.2) is 0 Å². The number of carbonyl (C=O) groups excluding carboxylic acids is 1. The predicted octanol–water partition coefficient (Wildman–Crippen LogP) is 0.698. The van der Waals surface area contributed by atoms with E-state index in [1.807, 2.05) is 5.32 Å². The maximum Gasteiger partial charge on any atom is 0.322 e. The molecule has 1 aliphatic heterocycles. The van der Waals surface area contributed by atoms with E-state index in [4.69, 9.17) is 4.42 Å². The molecule has 0 spiro atoms. The summed E-state index contributed by atoms with van der Waals surface area (Å²) in [5.74, 6) is -1.14. The molecule has 2 rings (SSSR count). The van der Waals surface area contributed by atoms with E-state index in [2.05, 4.69) is 15.5 Å². The van der Waals surface area contributed by atoms with Gasteiger partial charge in [-0.2, -0.15) is 8.78 Å². The molecule has 0 saturated carbocycles. The molecule has 16 heavy (non-hydrogen) atoms. The highest BCUT2D eigenvalue weighted by atomic mass is 19.3. The van der Waals surface area contributed by atoms with Gasteiger partial charge in [-0.25, -0.2) is 0 Å². The lowest BCUT2D eigenvalue weighted by atomic mass is 10.2. The van der Waals surface area contributed by atoms with E-state index in [1.165, 1.54) is 0 Å². The van der Waals surface area contributed by atoms with Gasteiger partial charge in [-0.3, -0.25) is 10.1 Å². The Balaban J connectivity index is 1.99. The fourth-order valence-electron chi connectivity index (χ4n) is 1.48. The minimum atomic E-state index is -3.10. The predicted molar refractivity (Wildman–Crippen MR) is 48.9 cm³/mol. The first kappa shape index (κ1) is 10.9. The van der Waals surface area contributed by atoms with E-state index >= 15 is 0 Å². The van der Waals surface area contributed by atoms with E-state index in [0.717, 1.165) is 19.4 Å². The van der Waals surface area contributed by atoms with Crippen molar-refractivity contribution in [3.05, 3.63) is 5.89 Å². The summed E-state index contributed by atoms with van der Waals surface area (Å²) in [5.41, 5.74) is 0. The summed E-state index contributed by atoms with van der Waals surface area (Å²) in [5, 5.41) is 12.1. The molecule has 6 nitrogen and oxygen atoms in total. The molecule has 2 heterocycles. The maximum atomic E-state index is 11.9. The zero-order valence-corrected chi connectivity index (χ0v) is 8.24. The van der Waals surface area contributed by atoms with Gasteiger partial charge in [-0.15, -0.1) is 5.10 Å². The number of alkyl halides is 2. The Morgan fingerprint density at radius 2 is 2.38 bits per heavy atom. The van der Waals surface area contributed by atoms with Crippen LogP contribution in [0, 0.1) is 0 Å². The zero-order chi connectivity index (χ0) is 11.5. The number of anilines is 1. The number of hydrogen-bond donors (Lipinski definition) is 2. The zero-order valence-electron chi connectivity index (χ0n) is 8.24. The summed E-state index contributed by atoms with van der Waals surface area (Å²) in [6.45, 7) is 0.853. The fourth-order valence-corrected chi connectivity index (χ4v) is 1.48. The lowest BCUT2D eigenvalue weighted by Crippen LogP contribution is -2.20. The summed E-state index contributed by atoms with van der Waals surface area (Å²) >= 11 is 0. The first-order chi connectivity index (χ1) is 7.66. The van der Waals surface area contributed by atoms with Crippen molar-refractivity contribution in [2.45, 2.75) is 25.3 Å². The van der Waals surface area contributed by atoms with E-state index in [1.54, 1.807) is 0 Å². The number of rotatable bonds is 3. The van der Waals surface area contributed by atoms with Crippen molar-refractivity contribution >= 4 is 11.9 Å². The van der Waals surface area contributed by atoms with Crippen LogP contribution in [0.25, 0.3) is 0 Å². The minimum Gasteiger partial charge on any atom is -0.406 e. The van der Waals surface area contributed by atoms with E-state index < -0.39 is 12.3 Å². The Labute approximate surface area is 89.4 Å². The molecule has 1 atom stereocenters. The minimum absolute atomic E-state index is 0.0512. The molecule has 1 aromatic rings. The van der Waals surface area contributed by atoms with E-state index in [0.29, 0.717) is 5.89 Å². The summed E-state index contributed by atoms with van der Waals surface area (Å²) in [6.07, 6.45) is -1.25. The van der Waals surface area contributed by atoms with E-state index in [-0.39, 0.29) is 12.1 Å². The van der Waals surface area contributed by atoms with Gasteiger partial charge in [0.25, 0.3) is 5.91 Å². The Morgan fingerprint density at radius 1 is 1.56 bits per heavy atom. The Kier molecular flexibility index (Phi) is 3.09. The summed E-state index contributed by atoms with van der Waals surface area (Å²) in [7, 11) is 0. The molecule has 88 valence electrons. The molecular formula is C8H10F2N4O2. The standard InChI is InChI=1S/C8H10F2N4O2/c9-5(10)6(15)12-8-14-13-7(16-8)4-2-1-3-11-4/h4-5,11H,1-3H2,(H,12,14,15). The monoisotopic (exact) mass is 232 g/mol. The maximum absolute atomic E-state index is 11.9. The topological polar surface area (TPSA) is 80.0 Å². The van der Waals surface area contributed by atoms with Crippen molar-refractivity contribution in [3.63, 3.8) is 0 Å². The van der Waals surface area contributed by atoms with Crippen LogP contribution in [0.15, 0.2) is 4.42 Å². The van der Waals surface area contributed by atoms with Crippen LogP contribution in [0.2, 0.25) is 0 Å². The molecular weight excluding hydrogens is 222 g/mol. The van der Waals surface area contributed by atoms with Gasteiger partial charge in [-0.05, 0) is 19.4 Å². The molecule has 0 bridgehead atoms. The third-order valence-electron chi connectivity index (χ3n) is 2.23. The third-order valence-corrected chi connectivity index (χ3v) is 2.23. The molecule has 1 fully saturated rings. The van der Waals surface area contributed by atoms with Crippen molar-refractivity contribution in [1.29, 1.82) is 0 Å². The SMILES string of the molecule is O=C(Nc1nnc(C2CCCN2)o1)C(F)F. The third kappa shape index (κ3) is 2.32. The van der Waals surface area contributed by atoms with Crippen LogP contribution in [0.1, 0.15) is 24.8 Å². The van der Waals surface area contributed by atoms with Gasteiger partial charge in [0.1, 0.15) is 0 Å². The van der Waals surface area contributed by atoms with Crippen LogP contribution in [-0.2, 0) is 4.79 Å². The molecule has 8 heteroatoms. The first-order valence-corrected chi connectivity index (χ1v) is 4.82. The van der Waals surface area contributed by atoms with Gasteiger partial charge < -0.3 is 9.73 Å². The molecule has 0 radical (unpaired) electrons. The Hall–Kier alpha value is -1.57. The second-order valence-electron chi connectivity index (χ2n) is 3.38. The Morgan fingerprint density at radius 3 is 3.00 bits per heavy atom. The lowest BCUT2D eigenvalue weighted by molar-refractivity contribution is -0.126. The number of carbonyl (C=O) groups is 1. The summed E-state index contributed by atoms with van der Waals surface area (Å²) in [4.78, 5) is 10.6. The van der Waals surface area contributed by atoms with Gasteiger partial charge in [0.2, 0.25) is 5.89 Å². The van der Waals surface area contributed by atoms with Gasteiger partial charge in [0.05, 0.1) is 6.04 Å². The van der Waals surface area contributed by atoms with Gasteiger partial charge >= 0.3 is 12.4 Å².